The lowest BCUT2D eigenvalue weighted by Gasteiger charge is -2.18. The first kappa shape index (κ1) is 18.7. The molecule has 146 valence electrons. The van der Waals surface area contributed by atoms with Crippen molar-refractivity contribution in [3.8, 4) is 0 Å². The van der Waals surface area contributed by atoms with Crippen LogP contribution in [0.15, 0.2) is 79.0 Å². The van der Waals surface area contributed by atoms with Gasteiger partial charge in [0.2, 0.25) is 0 Å². The van der Waals surface area contributed by atoms with Crippen molar-refractivity contribution in [1.82, 2.24) is 10.3 Å². The number of carbonyl (C=O) groups excluding carboxylic acids is 1. The van der Waals surface area contributed by atoms with Crippen LogP contribution in [0, 0.1) is 11.6 Å². The van der Waals surface area contributed by atoms with Gasteiger partial charge in [0.05, 0.1) is 5.69 Å². The molecule has 4 nitrogen and oxygen atoms in total. The number of urea groups is 1. The fourth-order valence-electron chi connectivity index (χ4n) is 3.43. The molecule has 6 heteroatoms. The molecule has 0 spiro atoms. The van der Waals surface area contributed by atoms with Crippen LogP contribution in [0.5, 0.6) is 0 Å². The van der Waals surface area contributed by atoms with Crippen LogP contribution in [0.2, 0.25) is 0 Å². The second-order valence-electron chi connectivity index (χ2n) is 6.71. The maximum absolute atomic E-state index is 13.8. The summed E-state index contributed by atoms with van der Waals surface area (Å²) in [5.41, 5.74) is 3.04. The molecule has 0 aliphatic heterocycles. The van der Waals surface area contributed by atoms with Gasteiger partial charge in [-0.25, -0.2) is 13.6 Å². The molecule has 0 aliphatic rings. The van der Waals surface area contributed by atoms with E-state index in [1.54, 1.807) is 0 Å². The lowest BCUT2D eigenvalue weighted by atomic mass is 9.91. The smallest absolute Gasteiger partial charge is 0.319 e. The summed E-state index contributed by atoms with van der Waals surface area (Å²) in [6, 6.07) is 20.3. The molecule has 0 aliphatic carbocycles. The Morgan fingerprint density at radius 2 is 1.72 bits per heavy atom. The Morgan fingerprint density at radius 3 is 2.52 bits per heavy atom. The summed E-state index contributed by atoms with van der Waals surface area (Å²) in [6.45, 7) is 0.306. The number of para-hydroxylation sites is 1. The number of halogens is 2. The van der Waals surface area contributed by atoms with Gasteiger partial charge in [0.15, 0.2) is 0 Å². The summed E-state index contributed by atoms with van der Waals surface area (Å²) in [6.07, 6.45) is 1.95. The van der Waals surface area contributed by atoms with Crippen LogP contribution >= 0.6 is 0 Å². The summed E-state index contributed by atoms with van der Waals surface area (Å²) in [7, 11) is 0. The van der Waals surface area contributed by atoms with Crippen molar-refractivity contribution in [3.63, 3.8) is 0 Å². The average molecular weight is 391 g/mol. The minimum atomic E-state index is -0.823. The predicted molar refractivity (Wildman–Crippen MR) is 110 cm³/mol. The van der Waals surface area contributed by atoms with Crippen molar-refractivity contribution in [1.29, 1.82) is 0 Å². The van der Waals surface area contributed by atoms with Crippen LogP contribution < -0.4 is 10.6 Å². The molecular formula is C23H19F2N3O. The highest BCUT2D eigenvalue weighted by atomic mass is 19.1. The molecule has 29 heavy (non-hydrogen) atoms. The highest BCUT2D eigenvalue weighted by Gasteiger charge is 2.19. The van der Waals surface area contributed by atoms with E-state index >= 15 is 0 Å². The average Bonchev–Trinajstić information content (AvgIpc) is 3.15. The number of fused-ring (bicyclic) bond motifs is 1. The number of hydrogen-bond donors (Lipinski definition) is 3. The van der Waals surface area contributed by atoms with E-state index < -0.39 is 17.7 Å². The van der Waals surface area contributed by atoms with E-state index in [-0.39, 0.29) is 11.6 Å². The fourth-order valence-corrected chi connectivity index (χ4v) is 3.43. The molecule has 4 rings (SSSR count). The van der Waals surface area contributed by atoms with Gasteiger partial charge in [-0.3, -0.25) is 0 Å². The normalized spacial score (nSPS) is 11.9. The molecule has 3 N–H and O–H groups in total. The predicted octanol–water partition coefficient (Wildman–Crippen LogP) is 5.40. The minimum absolute atomic E-state index is 0.0766. The second kappa shape index (κ2) is 8.14. The zero-order valence-corrected chi connectivity index (χ0v) is 15.5. The van der Waals surface area contributed by atoms with E-state index in [0.717, 1.165) is 34.2 Å². The molecular weight excluding hydrogens is 372 g/mol. The monoisotopic (exact) mass is 391 g/mol. The standard InChI is InChI=1S/C23H19F2N3O/c24-16-10-11-22(20(25)12-16)28-23(29)27-13-18(15-6-2-1-3-7-15)19-14-26-21-9-5-4-8-17(19)21/h1-12,14,18,26H,13H2,(H2,27,28,29). The number of aromatic nitrogens is 1. The first-order valence-electron chi connectivity index (χ1n) is 9.22. The third-order valence-electron chi connectivity index (χ3n) is 4.84. The molecule has 3 aromatic carbocycles. The number of amides is 2. The third-order valence-corrected chi connectivity index (χ3v) is 4.84. The van der Waals surface area contributed by atoms with Gasteiger partial charge in [-0.15, -0.1) is 0 Å². The molecule has 0 fully saturated rings. The van der Waals surface area contributed by atoms with E-state index in [4.69, 9.17) is 0 Å². The van der Waals surface area contributed by atoms with Gasteiger partial charge in [0.1, 0.15) is 11.6 Å². The first-order valence-corrected chi connectivity index (χ1v) is 9.22. The summed E-state index contributed by atoms with van der Waals surface area (Å²) in [5, 5.41) is 6.30. The van der Waals surface area contributed by atoms with Crippen LogP contribution in [0.1, 0.15) is 17.0 Å². The number of hydrogen-bond acceptors (Lipinski definition) is 1. The van der Waals surface area contributed by atoms with E-state index in [9.17, 15) is 13.6 Å². The lowest BCUT2D eigenvalue weighted by Crippen LogP contribution is -2.33. The second-order valence-corrected chi connectivity index (χ2v) is 6.71. The van der Waals surface area contributed by atoms with Crippen molar-refractivity contribution in [2.45, 2.75) is 5.92 Å². The Hall–Kier alpha value is -3.67. The van der Waals surface area contributed by atoms with Gasteiger partial charge in [-0.2, -0.15) is 0 Å². The molecule has 1 atom stereocenters. The zero-order chi connectivity index (χ0) is 20.2. The van der Waals surface area contributed by atoms with E-state index in [0.29, 0.717) is 6.54 Å². The molecule has 4 aromatic rings. The van der Waals surface area contributed by atoms with E-state index in [1.165, 1.54) is 6.07 Å². The van der Waals surface area contributed by atoms with Gasteiger partial charge in [-0.1, -0.05) is 48.5 Å². The number of nitrogens with one attached hydrogen (secondary N) is 3. The Balaban J connectivity index is 1.55. The number of carbonyl (C=O) groups is 1. The zero-order valence-electron chi connectivity index (χ0n) is 15.5. The van der Waals surface area contributed by atoms with Crippen LogP contribution in [0.25, 0.3) is 10.9 Å². The van der Waals surface area contributed by atoms with Gasteiger partial charge in [0.25, 0.3) is 0 Å². The molecule has 2 amide bonds. The van der Waals surface area contributed by atoms with E-state index in [2.05, 4.69) is 15.6 Å². The largest absolute Gasteiger partial charge is 0.361 e. The quantitative estimate of drug-likeness (QED) is 0.419. The molecule has 0 saturated heterocycles. The minimum Gasteiger partial charge on any atom is -0.361 e. The first-order chi connectivity index (χ1) is 14.1. The molecule has 0 radical (unpaired) electrons. The highest BCUT2D eigenvalue weighted by molar-refractivity contribution is 5.89. The summed E-state index contributed by atoms with van der Waals surface area (Å²) < 4.78 is 26.8. The number of rotatable bonds is 5. The maximum Gasteiger partial charge on any atom is 0.319 e. The number of benzene rings is 3. The van der Waals surface area contributed by atoms with Crippen LogP contribution in [-0.2, 0) is 0 Å². The van der Waals surface area contributed by atoms with Gasteiger partial charge in [-0.05, 0) is 29.3 Å². The van der Waals surface area contributed by atoms with E-state index in [1.807, 2.05) is 60.8 Å². The van der Waals surface area contributed by atoms with Crippen LogP contribution in [-0.4, -0.2) is 17.6 Å². The fraction of sp³-hybridized carbons (Fsp3) is 0.0870. The van der Waals surface area contributed by atoms with Gasteiger partial charge in [0, 0.05) is 35.6 Å². The SMILES string of the molecule is O=C(NCC(c1ccccc1)c1c[nH]c2ccccc12)Nc1ccc(F)cc1F. The van der Waals surface area contributed by atoms with Crippen molar-refractivity contribution < 1.29 is 13.6 Å². The number of H-pyrrole nitrogens is 1. The van der Waals surface area contributed by atoms with Gasteiger partial charge >= 0.3 is 6.03 Å². The Kier molecular flexibility index (Phi) is 5.24. The lowest BCUT2D eigenvalue weighted by molar-refractivity contribution is 0.251. The molecule has 1 aromatic heterocycles. The molecule has 0 saturated carbocycles. The Bertz CT molecular complexity index is 1140. The van der Waals surface area contributed by atoms with Gasteiger partial charge < -0.3 is 15.6 Å². The van der Waals surface area contributed by atoms with Crippen molar-refractivity contribution in [2.24, 2.45) is 0 Å². The number of aromatic amines is 1. The van der Waals surface area contributed by atoms with Crippen LogP contribution in [0.4, 0.5) is 19.3 Å². The summed E-state index contributed by atoms with van der Waals surface area (Å²) >= 11 is 0. The van der Waals surface area contributed by atoms with Crippen molar-refractivity contribution in [2.75, 3.05) is 11.9 Å². The van der Waals surface area contributed by atoms with Crippen molar-refractivity contribution in [3.05, 3.63) is 102 Å². The maximum atomic E-state index is 13.8. The summed E-state index contributed by atoms with van der Waals surface area (Å²) in [4.78, 5) is 15.6. The molecule has 0 bridgehead atoms. The number of anilines is 1. The highest BCUT2D eigenvalue weighted by Crippen LogP contribution is 2.30. The molecule has 1 heterocycles. The Labute approximate surface area is 166 Å². The van der Waals surface area contributed by atoms with Crippen molar-refractivity contribution >= 4 is 22.6 Å². The van der Waals surface area contributed by atoms with Crippen LogP contribution in [0.3, 0.4) is 0 Å². The summed E-state index contributed by atoms with van der Waals surface area (Å²) in [5.74, 6) is -1.62. The topological polar surface area (TPSA) is 56.9 Å². The third kappa shape index (κ3) is 4.11. The molecule has 1 unspecified atom stereocenters. The Morgan fingerprint density at radius 1 is 0.966 bits per heavy atom.